The van der Waals surface area contributed by atoms with Crippen LogP contribution in [0.1, 0.15) is 5.56 Å². The normalized spacial score (nSPS) is 9.65. The second-order valence-corrected chi connectivity index (χ2v) is 3.26. The van der Waals surface area contributed by atoms with E-state index in [1.54, 1.807) is 12.1 Å². The van der Waals surface area contributed by atoms with Gasteiger partial charge in [-0.1, -0.05) is 0 Å². The molecule has 0 spiro atoms. The van der Waals surface area contributed by atoms with Gasteiger partial charge >= 0.3 is 0 Å². The minimum atomic E-state index is -0.630. The van der Waals surface area contributed by atoms with Crippen LogP contribution < -0.4 is 10.5 Å². The first-order valence-corrected chi connectivity index (χ1v) is 4.78. The lowest BCUT2D eigenvalue weighted by molar-refractivity contribution is 0.429. The minimum Gasteiger partial charge on any atom is -0.434 e. The van der Waals surface area contributed by atoms with Crippen LogP contribution >= 0.6 is 0 Å². The Morgan fingerprint density at radius 1 is 1.35 bits per heavy atom. The minimum absolute atomic E-state index is 0.0191. The molecule has 0 fully saturated rings. The van der Waals surface area contributed by atoms with E-state index in [-0.39, 0.29) is 17.2 Å². The van der Waals surface area contributed by atoms with Crippen LogP contribution in [0.15, 0.2) is 36.5 Å². The lowest BCUT2D eigenvalue weighted by Gasteiger charge is -2.07. The number of nitrogens with zero attached hydrogens (tertiary/aromatic N) is 2. The van der Waals surface area contributed by atoms with Crippen molar-refractivity contribution in [2.75, 3.05) is 5.73 Å². The van der Waals surface area contributed by atoms with E-state index in [2.05, 4.69) is 4.98 Å². The van der Waals surface area contributed by atoms with Gasteiger partial charge in [-0.15, -0.1) is 0 Å². The van der Waals surface area contributed by atoms with Crippen molar-refractivity contribution >= 4 is 5.69 Å². The lowest BCUT2D eigenvalue weighted by Crippen LogP contribution is -1.96. The van der Waals surface area contributed by atoms with Crippen LogP contribution in [-0.4, -0.2) is 4.98 Å². The van der Waals surface area contributed by atoms with Crippen LogP contribution in [0.4, 0.5) is 10.1 Å². The summed E-state index contributed by atoms with van der Waals surface area (Å²) in [5.74, 6) is -0.514. The average Bonchev–Trinajstić information content (AvgIpc) is 2.34. The van der Waals surface area contributed by atoms with E-state index in [4.69, 9.17) is 15.7 Å². The molecule has 4 nitrogen and oxygen atoms in total. The number of aromatic nitrogens is 1. The van der Waals surface area contributed by atoms with Gasteiger partial charge in [0, 0.05) is 6.20 Å². The number of hydrogen-bond acceptors (Lipinski definition) is 4. The third kappa shape index (κ3) is 2.32. The topological polar surface area (TPSA) is 71.9 Å². The van der Waals surface area contributed by atoms with Crippen molar-refractivity contribution in [3.05, 3.63) is 47.9 Å². The fourth-order valence-corrected chi connectivity index (χ4v) is 1.25. The molecule has 2 N–H and O–H groups in total. The zero-order valence-corrected chi connectivity index (χ0v) is 8.72. The van der Waals surface area contributed by atoms with Gasteiger partial charge in [0.05, 0.1) is 17.3 Å². The monoisotopic (exact) mass is 229 g/mol. The maximum absolute atomic E-state index is 13.5. The number of ether oxygens (including phenoxy) is 1. The summed E-state index contributed by atoms with van der Waals surface area (Å²) in [4.78, 5) is 3.88. The van der Waals surface area contributed by atoms with Crippen LogP contribution in [-0.2, 0) is 0 Å². The summed E-state index contributed by atoms with van der Waals surface area (Å²) in [6, 6.07) is 9.00. The fourth-order valence-electron chi connectivity index (χ4n) is 1.25. The standard InChI is InChI=1S/C12H8FN3O/c13-9-6-8(7-14)3-4-11(9)17-12-10(15)2-1-5-16-12/h1-6H,15H2. The number of rotatable bonds is 2. The summed E-state index contributed by atoms with van der Waals surface area (Å²) in [7, 11) is 0. The van der Waals surface area contributed by atoms with E-state index in [0.717, 1.165) is 6.07 Å². The summed E-state index contributed by atoms with van der Waals surface area (Å²) in [5.41, 5.74) is 6.15. The zero-order valence-electron chi connectivity index (χ0n) is 8.72. The van der Waals surface area contributed by atoms with Crippen molar-refractivity contribution in [1.82, 2.24) is 4.98 Å². The van der Waals surface area contributed by atoms with E-state index >= 15 is 0 Å². The number of nitrogen functional groups attached to an aromatic ring is 1. The number of nitriles is 1. The number of pyridine rings is 1. The Morgan fingerprint density at radius 2 is 2.18 bits per heavy atom. The van der Waals surface area contributed by atoms with Crippen molar-refractivity contribution < 1.29 is 9.13 Å². The Hall–Kier alpha value is -2.61. The molecule has 5 heteroatoms. The first kappa shape index (κ1) is 10.9. The molecule has 0 saturated heterocycles. The van der Waals surface area contributed by atoms with Crippen molar-refractivity contribution in [1.29, 1.82) is 5.26 Å². The van der Waals surface area contributed by atoms with Gasteiger partial charge in [-0.2, -0.15) is 5.26 Å². The Labute approximate surface area is 97.1 Å². The SMILES string of the molecule is N#Cc1ccc(Oc2ncccc2N)c(F)c1. The molecule has 2 rings (SSSR count). The maximum Gasteiger partial charge on any atom is 0.242 e. The summed E-state index contributed by atoms with van der Waals surface area (Å²) >= 11 is 0. The number of anilines is 1. The average molecular weight is 229 g/mol. The summed E-state index contributed by atoms with van der Waals surface area (Å²) in [6.07, 6.45) is 1.49. The molecule has 0 aliphatic heterocycles. The van der Waals surface area contributed by atoms with Crippen LogP contribution in [0.2, 0.25) is 0 Å². The highest BCUT2D eigenvalue weighted by molar-refractivity contribution is 5.49. The molecule has 1 heterocycles. The Morgan fingerprint density at radius 3 is 2.82 bits per heavy atom. The molecule has 2 aromatic rings. The third-order valence-corrected chi connectivity index (χ3v) is 2.07. The second kappa shape index (κ2) is 4.49. The van der Waals surface area contributed by atoms with Crippen molar-refractivity contribution in [3.8, 4) is 17.7 Å². The number of nitrogens with two attached hydrogens (primary N) is 1. The van der Waals surface area contributed by atoms with Gasteiger partial charge < -0.3 is 10.5 Å². The molecule has 0 radical (unpaired) electrons. The van der Waals surface area contributed by atoms with E-state index in [1.165, 1.54) is 18.3 Å². The number of benzene rings is 1. The van der Waals surface area contributed by atoms with E-state index in [0.29, 0.717) is 5.69 Å². The van der Waals surface area contributed by atoms with Crippen molar-refractivity contribution in [2.24, 2.45) is 0 Å². The molecule has 17 heavy (non-hydrogen) atoms. The molecule has 0 saturated carbocycles. The van der Waals surface area contributed by atoms with Crippen LogP contribution in [0.25, 0.3) is 0 Å². The smallest absolute Gasteiger partial charge is 0.242 e. The van der Waals surface area contributed by atoms with Crippen molar-refractivity contribution in [2.45, 2.75) is 0 Å². The third-order valence-electron chi connectivity index (χ3n) is 2.07. The van der Waals surface area contributed by atoms with Gasteiger partial charge in [-0.3, -0.25) is 0 Å². The van der Waals surface area contributed by atoms with Crippen LogP contribution in [0.3, 0.4) is 0 Å². The largest absolute Gasteiger partial charge is 0.434 e. The van der Waals surface area contributed by atoms with Crippen molar-refractivity contribution in [3.63, 3.8) is 0 Å². The fraction of sp³-hybridized carbons (Fsp3) is 0. The molecule has 0 aliphatic carbocycles. The second-order valence-electron chi connectivity index (χ2n) is 3.26. The summed E-state index contributed by atoms with van der Waals surface area (Å²) in [5, 5.41) is 8.60. The molecule has 84 valence electrons. The molecule has 1 aromatic heterocycles. The van der Waals surface area contributed by atoms with Gasteiger partial charge in [0.25, 0.3) is 0 Å². The van der Waals surface area contributed by atoms with Gasteiger partial charge in [0.1, 0.15) is 0 Å². The predicted molar refractivity (Wildman–Crippen MR) is 59.8 cm³/mol. The molecule has 0 bridgehead atoms. The molecule has 0 amide bonds. The molecule has 0 atom stereocenters. The maximum atomic E-state index is 13.5. The number of hydrogen-bond donors (Lipinski definition) is 1. The molecular formula is C12H8FN3O. The van der Waals surface area contributed by atoms with E-state index in [9.17, 15) is 4.39 Å². The van der Waals surface area contributed by atoms with Gasteiger partial charge in [0.15, 0.2) is 11.6 Å². The molecule has 1 aromatic carbocycles. The highest BCUT2D eigenvalue weighted by atomic mass is 19.1. The highest BCUT2D eigenvalue weighted by Crippen LogP contribution is 2.27. The Kier molecular flexibility index (Phi) is 2.88. The van der Waals surface area contributed by atoms with E-state index in [1.807, 2.05) is 6.07 Å². The van der Waals surface area contributed by atoms with Crippen LogP contribution in [0, 0.1) is 17.1 Å². The van der Waals surface area contributed by atoms with Gasteiger partial charge in [-0.25, -0.2) is 9.37 Å². The number of halogens is 1. The summed E-state index contributed by atoms with van der Waals surface area (Å²) < 4.78 is 18.7. The van der Waals surface area contributed by atoms with Gasteiger partial charge in [0.2, 0.25) is 5.88 Å². The quantitative estimate of drug-likeness (QED) is 0.858. The summed E-state index contributed by atoms with van der Waals surface area (Å²) in [6.45, 7) is 0. The Balaban J connectivity index is 2.32. The molecule has 0 unspecified atom stereocenters. The van der Waals surface area contributed by atoms with Gasteiger partial charge in [-0.05, 0) is 30.3 Å². The van der Waals surface area contributed by atoms with Crippen LogP contribution in [0.5, 0.6) is 11.6 Å². The Bertz CT molecular complexity index is 593. The predicted octanol–water partition coefficient (Wildman–Crippen LogP) is 2.47. The zero-order chi connectivity index (χ0) is 12.3. The highest BCUT2D eigenvalue weighted by Gasteiger charge is 2.08. The molecule has 0 aliphatic rings. The first-order valence-electron chi connectivity index (χ1n) is 4.78. The van der Waals surface area contributed by atoms with E-state index < -0.39 is 5.82 Å². The molecular weight excluding hydrogens is 221 g/mol. The first-order chi connectivity index (χ1) is 8.20. The lowest BCUT2D eigenvalue weighted by atomic mass is 10.2.